The molecule has 2 atom stereocenters. The van der Waals surface area contributed by atoms with Crippen molar-refractivity contribution in [3.05, 3.63) is 29.8 Å². The van der Waals surface area contributed by atoms with Crippen LogP contribution in [0.25, 0.3) is 0 Å². The van der Waals surface area contributed by atoms with Crippen LogP contribution in [0, 0.1) is 11.8 Å². The number of carbonyl (C=O) groups excluding carboxylic acids is 1. The number of ether oxygens (including phenoxy) is 1. The maximum atomic E-state index is 11.6. The molecule has 1 fully saturated rings. The monoisotopic (exact) mass is 331 g/mol. The van der Waals surface area contributed by atoms with Gasteiger partial charge in [-0.2, -0.15) is 0 Å². The van der Waals surface area contributed by atoms with Crippen LogP contribution in [0.4, 0.5) is 0 Å². The Morgan fingerprint density at radius 1 is 1.33 bits per heavy atom. The van der Waals surface area contributed by atoms with Crippen LogP contribution in [-0.4, -0.2) is 19.1 Å². The molecule has 0 heterocycles. The number of hydrogen-bond donors (Lipinski definition) is 1. The Morgan fingerprint density at radius 3 is 2.92 bits per heavy atom. The van der Waals surface area contributed by atoms with E-state index in [2.05, 4.69) is 37.4 Å². The van der Waals surface area contributed by atoms with Gasteiger partial charge in [-0.15, -0.1) is 0 Å². The average molecular weight is 332 g/mol. The second-order valence-corrected chi connectivity index (χ2v) is 7.47. The molecule has 134 valence electrons. The maximum absolute atomic E-state index is 11.6. The van der Waals surface area contributed by atoms with Gasteiger partial charge in [0.05, 0.1) is 6.61 Å². The van der Waals surface area contributed by atoms with Gasteiger partial charge in [0.15, 0.2) is 0 Å². The van der Waals surface area contributed by atoms with Crippen molar-refractivity contribution < 1.29 is 9.53 Å². The number of hydrogen-bond acceptors (Lipinski definition) is 2. The summed E-state index contributed by atoms with van der Waals surface area (Å²) in [6, 6.07) is 8.50. The minimum Gasteiger partial charge on any atom is -0.494 e. The van der Waals surface area contributed by atoms with Gasteiger partial charge in [-0.1, -0.05) is 39.3 Å². The van der Waals surface area contributed by atoms with E-state index in [1.807, 2.05) is 13.0 Å². The molecule has 0 spiro atoms. The molecule has 3 heteroatoms. The summed E-state index contributed by atoms with van der Waals surface area (Å²) in [5.41, 5.74) is 1.35. The van der Waals surface area contributed by atoms with Gasteiger partial charge >= 0.3 is 0 Å². The van der Waals surface area contributed by atoms with Crippen LogP contribution in [0.2, 0.25) is 0 Å². The summed E-state index contributed by atoms with van der Waals surface area (Å²) in [6.07, 6.45) is 6.35. The van der Waals surface area contributed by atoms with Crippen molar-refractivity contribution in [3.63, 3.8) is 0 Å². The van der Waals surface area contributed by atoms with E-state index in [1.165, 1.54) is 24.8 Å². The highest BCUT2D eigenvalue weighted by molar-refractivity contribution is 5.75. The molecule has 0 aromatic heterocycles. The molecule has 1 aromatic rings. The molecule has 0 unspecified atom stereocenters. The van der Waals surface area contributed by atoms with Crippen LogP contribution in [0.5, 0.6) is 5.75 Å². The number of amides is 1. The molecule has 1 aliphatic rings. The first-order chi connectivity index (χ1) is 11.6. The summed E-state index contributed by atoms with van der Waals surface area (Å²) in [7, 11) is 0. The fraction of sp³-hybridized carbons (Fsp3) is 0.667. The summed E-state index contributed by atoms with van der Waals surface area (Å²) in [5, 5.41) is 3.05. The lowest BCUT2D eigenvalue weighted by molar-refractivity contribution is -0.121. The van der Waals surface area contributed by atoms with E-state index < -0.39 is 0 Å². The summed E-state index contributed by atoms with van der Waals surface area (Å²) < 4.78 is 5.90. The predicted octanol–water partition coefficient (Wildman–Crippen LogP) is 4.91. The second kappa shape index (κ2) is 9.71. The lowest BCUT2D eigenvalue weighted by Gasteiger charge is -2.09. The Labute approximate surface area is 147 Å². The molecule has 3 nitrogen and oxygen atoms in total. The highest BCUT2D eigenvalue weighted by Crippen LogP contribution is 2.47. The smallest absolute Gasteiger partial charge is 0.219 e. The highest BCUT2D eigenvalue weighted by atomic mass is 16.5. The normalized spacial score (nSPS) is 19.3. The molecule has 1 aromatic carbocycles. The quantitative estimate of drug-likeness (QED) is 0.585. The van der Waals surface area contributed by atoms with Crippen molar-refractivity contribution in [3.8, 4) is 5.75 Å². The van der Waals surface area contributed by atoms with Crippen molar-refractivity contribution in [2.75, 3.05) is 13.2 Å². The van der Waals surface area contributed by atoms with Gasteiger partial charge in [0, 0.05) is 13.0 Å². The molecule has 0 radical (unpaired) electrons. The molecule has 1 aliphatic carbocycles. The van der Waals surface area contributed by atoms with Crippen molar-refractivity contribution >= 4 is 5.91 Å². The van der Waals surface area contributed by atoms with Crippen LogP contribution >= 0.6 is 0 Å². The van der Waals surface area contributed by atoms with Gasteiger partial charge in [0.2, 0.25) is 5.91 Å². The Morgan fingerprint density at radius 2 is 2.17 bits per heavy atom. The molecular weight excluding hydrogens is 298 g/mol. The lowest BCUT2D eigenvalue weighted by atomic mass is 10.1. The topological polar surface area (TPSA) is 38.3 Å². The first kappa shape index (κ1) is 18.8. The Kier molecular flexibility index (Phi) is 7.61. The molecule has 2 rings (SSSR count). The lowest BCUT2D eigenvalue weighted by Crippen LogP contribution is -2.25. The largest absolute Gasteiger partial charge is 0.494 e. The number of nitrogens with one attached hydrogen (secondary N) is 1. The standard InChI is InChI=1S/C21H33NO2/c1-4-8-21(23)22-15-18-14-20(18)17-10-7-11-19(13-17)24-12-6-5-9-16(2)3/h7,10-11,13,16,18,20H,4-6,8-9,12,14-15H2,1-3H3,(H,22,23)/t18-,20-/m0/s1. The van der Waals surface area contributed by atoms with Crippen LogP contribution < -0.4 is 10.1 Å². The Bertz CT molecular complexity index is 512. The summed E-state index contributed by atoms with van der Waals surface area (Å²) in [6.45, 7) is 8.18. The summed E-state index contributed by atoms with van der Waals surface area (Å²) in [5.74, 6) is 3.11. The van der Waals surface area contributed by atoms with Crippen molar-refractivity contribution in [2.24, 2.45) is 11.8 Å². The van der Waals surface area contributed by atoms with Crippen molar-refractivity contribution in [1.29, 1.82) is 0 Å². The van der Waals surface area contributed by atoms with E-state index in [4.69, 9.17) is 4.74 Å². The van der Waals surface area contributed by atoms with Crippen LogP contribution in [-0.2, 0) is 4.79 Å². The van der Waals surface area contributed by atoms with Gasteiger partial charge in [-0.25, -0.2) is 0 Å². The minimum absolute atomic E-state index is 0.182. The SMILES string of the molecule is CCCC(=O)NC[C@@H]1C[C@H]1c1cccc(OCCCCC(C)C)c1. The maximum Gasteiger partial charge on any atom is 0.219 e. The van der Waals surface area contributed by atoms with Crippen LogP contribution in [0.3, 0.4) is 0 Å². The molecule has 0 bridgehead atoms. The van der Waals surface area contributed by atoms with E-state index in [1.54, 1.807) is 0 Å². The van der Waals surface area contributed by atoms with E-state index in [0.29, 0.717) is 18.3 Å². The third-order valence-corrected chi connectivity index (χ3v) is 4.69. The van der Waals surface area contributed by atoms with Gasteiger partial charge in [-0.3, -0.25) is 4.79 Å². The zero-order chi connectivity index (χ0) is 17.4. The zero-order valence-electron chi connectivity index (χ0n) is 15.5. The molecule has 1 amide bonds. The minimum atomic E-state index is 0.182. The Balaban J connectivity index is 1.70. The fourth-order valence-electron chi connectivity index (χ4n) is 3.12. The highest BCUT2D eigenvalue weighted by Gasteiger charge is 2.38. The number of carbonyl (C=O) groups is 1. The molecule has 1 N–H and O–H groups in total. The summed E-state index contributed by atoms with van der Waals surface area (Å²) in [4.78, 5) is 11.6. The first-order valence-corrected chi connectivity index (χ1v) is 9.59. The van der Waals surface area contributed by atoms with Gasteiger partial charge in [0.1, 0.15) is 5.75 Å². The third-order valence-electron chi connectivity index (χ3n) is 4.69. The average Bonchev–Trinajstić information content (AvgIpc) is 3.33. The van der Waals surface area contributed by atoms with Crippen molar-refractivity contribution in [2.45, 2.75) is 65.2 Å². The Hall–Kier alpha value is -1.51. The second-order valence-electron chi connectivity index (χ2n) is 7.47. The number of rotatable bonds is 11. The van der Waals surface area contributed by atoms with Crippen LogP contribution in [0.15, 0.2) is 24.3 Å². The van der Waals surface area contributed by atoms with Gasteiger partial charge in [-0.05, 0) is 61.1 Å². The number of benzene rings is 1. The zero-order valence-corrected chi connectivity index (χ0v) is 15.5. The first-order valence-electron chi connectivity index (χ1n) is 9.59. The van der Waals surface area contributed by atoms with E-state index in [-0.39, 0.29) is 5.91 Å². The summed E-state index contributed by atoms with van der Waals surface area (Å²) >= 11 is 0. The molecular formula is C21H33NO2. The third kappa shape index (κ3) is 6.54. The fourth-order valence-corrected chi connectivity index (χ4v) is 3.12. The molecule has 0 saturated heterocycles. The molecule has 0 aliphatic heterocycles. The van der Waals surface area contributed by atoms with Gasteiger partial charge < -0.3 is 10.1 Å². The van der Waals surface area contributed by atoms with E-state index in [9.17, 15) is 4.79 Å². The molecule has 24 heavy (non-hydrogen) atoms. The van der Waals surface area contributed by atoms with E-state index in [0.717, 1.165) is 37.7 Å². The number of unbranched alkanes of at least 4 members (excludes halogenated alkanes) is 1. The van der Waals surface area contributed by atoms with Crippen LogP contribution in [0.1, 0.15) is 70.8 Å². The predicted molar refractivity (Wildman–Crippen MR) is 99.4 cm³/mol. The molecule has 1 saturated carbocycles. The van der Waals surface area contributed by atoms with Crippen molar-refractivity contribution in [1.82, 2.24) is 5.32 Å². The van der Waals surface area contributed by atoms with Gasteiger partial charge in [0.25, 0.3) is 0 Å². The van der Waals surface area contributed by atoms with E-state index >= 15 is 0 Å².